The van der Waals surface area contributed by atoms with Crippen LogP contribution in [0.5, 0.6) is 5.75 Å². The van der Waals surface area contributed by atoms with Crippen LogP contribution in [0.25, 0.3) is 10.9 Å². The molecule has 2 aromatic carbocycles. The van der Waals surface area contributed by atoms with E-state index in [2.05, 4.69) is 41.1 Å². The molecule has 2 nitrogen and oxygen atoms in total. The normalized spacial score (nSPS) is 10.7. The fraction of sp³-hybridized carbons (Fsp3) is 0.176. The third-order valence-electron chi connectivity index (χ3n) is 3.24. The molecule has 0 radical (unpaired) electrons. The van der Waals surface area contributed by atoms with Gasteiger partial charge < -0.3 is 9.30 Å². The average Bonchev–Trinajstić information content (AvgIpc) is 2.88. The third kappa shape index (κ3) is 2.79. The van der Waals surface area contributed by atoms with Gasteiger partial charge in [0.05, 0.1) is 6.61 Å². The van der Waals surface area contributed by atoms with Gasteiger partial charge in [0.25, 0.3) is 0 Å². The second-order valence-corrected chi connectivity index (χ2v) is 4.58. The lowest BCUT2D eigenvalue weighted by atomic mass is 10.2. The Morgan fingerprint density at radius 1 is 0.842 bits per heavy atom. The SMILES string of the molecule is c1ccc(OCCCn2ccc3ccccc32)cc1. The molecule has 0 atom stereocenters. The number of ether oxygens (including phenoxy) is 1. The average molecular weight is 251 g/mol. The molecule has 0 bridgehead atoms. The molecule has 0 amide bonds. The third-order valence-corrected chi connectivity index (χ3v) is 3.24. The standard InChI is InChI=1S/C17H17NO/c1-2-8-16(9-3-1)19-14-6-12-18-13-11-15-7-4-5-10-17(15)18/h1-5,7-11,13H,6,12,14H2. The summed E-state index contributed by atoms with van der Waals surface area (Å²) < 4.78 is 7.98. The van der Waals surface area contributed by atoms with Crippen LogP contribution in [-0.2, 0) is 6.54 Å². The zero-order valence-electron chi connectivity index (χ0n) is 10.8. The first kappa shape index (κ1) is 11.8. The van der Waals surface area contributed by atoms with Gasteiger partial charge in [-0.25, -0.2) is 0 Å². The lowest BCUT2D eigenvalue weighted by molar-refractivity contribution is 0.302. The van der Waals surface area contributed by atoms with E-state index in [9.17, 15) is 0 Å². The largest absolute Gasteiger partial charge is 0.494 e. The van der Waals surface area contributed by atoms with Crippen LogP contribution in [-0.4, -0.2) is 11.2 Å². The van der Waals surface area contributed by atoms with Gasteiger partial charge in [-0.1, -0.05) is 36.4 Å². The Balaban J connectivity index is 1.55. The topological polar surface area (TPSA) is 14.2 Å². The van der Waals surface area contributed by atoms with Crippen LogP contribution in [0, 0.1) is 0 Å². The number of fused-ring (bicyclic) bond motifs is 1. The summed E-state index contributed by atoms with van der Waals surface area (Å²) in [5.74, 6) is 0.944. The summed E-state index contributed by atoms with van der Waals surface area (Å²) in [7, 11) is 0. The minimum atomic E-state index is 0.747. The minimum absolute atomic E-state index is 0.747. The van der Waals surface area contributed by atoms with E-state index in [0.29, 0.717) is 0 Å². The van der Waals surface area contributed by atoms with Crippen LogP contribution in [0.4, 0.5) is 0 Å². The molecule has 0 aliphatic heterocycles. The molecule has 3 rings (SSSR count). The van der Waals surface area contributed by atoms with Crippen molar-refractivity contribution in [2.45, 2.75) is 13.0 Å². The zero-order chi connectivity index (χ0) is 12.9. The summed E-state index contributed by atoms with van der Waals surface area (Å²) in [6.45, 7) is 1.73. The number of rotatable bonds is 5. The van der Waals surface area contributed by atoms with E-state index in [1.54, 1.807) is 0 Å². The molecule has 0 saturated carbocycles. The van der Waals surface area contributed by atoms with Gasteiger partial charge in [-0.2, -0.15) is 0 Å². The molecule has 1 aromatic heterocycles. The Hall–Kier alpha value is -2.22. The first-order chi connectivity index (χ1) is 9.43. The quantitative estimate of drug-likeness (QED) is 0.622. The lowest BCUT2D eigenvalue weighted by Crippen LogP contribution is -2.03. The predicted molar refractivity (Wildman–Crippen MR) is 78.5 cm³/mol. The minimum Gasteiger partial charge on any atom is -0.494 e. The van der Waals surface area contributed by atoms with E-state index >= 15 is 0 Å². The van der Waals surface area contributed by atoms with E-state index in [0.717, 1.165) is 25.3 Å². The van der Waals surface area contributed by atoms with Crippen molar-refractivity contribution in [2.75, 3.05) is 6.61 Å². The van der Waals surface area contributed by atoms with Gasteiger partial charge >= 0.3 is 0 Å². The Morgan fingerprint density at radius 3 is 2.53 bits per heavy atom. The van der Waals surface area contributed by atoms with Crippen molar-refractivity contribution in [1.29, 1.82) is 0 Å². The summed E-state index contributed by atoms with van der Waals surface area (Å²) in [5, 5.41) is 1.30. The number of benzene rings is 2. The highest BCUT2D eigenvalue weighted by molar-refractivity contribution is 5.79. The highest BCUT2D eigenvalue weighted by atomic mass is 16.5. The van der Waals surface area contributed by atoms with Gasteiger partial charge in [0.2, 0.25) is 0 Å². The smallest absolute Gasteiger partial charge is 0.119 e. The highest BCUT2D eigenvalue weighted by Crippen LogP contribution is 2.15. The second-order valence-electron chi connectivity index (χ2n) is 4.58. The van der Waals surface area contributed by atoms with Gasteiger partial charge in [0.1, 0.15) is 5.75 Å². The summed E-state index contributed by atoms with van der Waals surface area (Å²) in [6.07, 6.45) is 3.15. The monoisotopic (exact) mass is 251 g/mol. The predicted octanol–water partition coefficient (Wildman–Crippen LogP) is 4.11. The number of hydrogen-bond acceptors (Lipinski definition) is 1. The molecule has 0 aliphatic carbocycles. The van der Waals surface area contributed by atoms with Crippen LogP contribution < -0.4 is 4.74 Å². The highest BCUT2D eigenvalue weighted by Gasteiger charge is 1.99. The van der Waals surface area contributed by atoms with Crippen molar-refractivity contribution in [3.05, 3.63) is 66.9 Å². The van der Waals surface area contributed by atoms with E-state index in [4.69, 9.17) is 4.74 Å². The maximum absolute atomic E-state index is 5.70. The molecule has 0 fully saturated rings. The first-order valence-corrected chi connectivity index (χ1v) is 6.65. The maximum Gasteiger partial charge on any atom is 0.119 e. The maximum atomic E-state index is 5.70. The fourth-order valence-corrected chi connectivity index (χ4v) is 2.28. The van der Waals surface area contributed by atoms with Crippen LogP contribution in [0.1, 0.15) is 6.42 Å². The van der Waals surface area contributed by atoms with Gasteiger partial charge in [0.15, 0.2) is 0 Å². The molecular formula is C17H17NO. The van der Waals surface area contributed by atoms with Crippen molar-refractivity contribution in [1.82, 2.24) is 4.57 Å². The van der Waals surface area contributed by atoms with Gasteiger partial charge in [-0.15, -0.1) is 0 Å². The number of aromatic nitrogens is 1. The molecule has 19 heavy (non-hydrogen) atoms. The molecule has 2 heteroatoms. The number of hydrogen-bond donors (Lipinski definition) is 0. The molecule has 0 N–H and O–H groups in total. The Kier molecular flexibility index (Phi) is 3.50. The number of para-hydroxylation sites is 2. The van der Waals surface area contributed by atoms with Crippen molar-refractivity contribution < 1.29 is 4.74 Å². The van der Waals surface area contributed by atoms with E-state index < -0.39 is 0 Å². The molecular weight excluding hydrogens is 234 g/mol. The molecule has 0 spiro atoms. The molecule has 3 aromatic rings. The fourth-order valence-electron chi connectivity index (χ4n) is 2.28. The molecule has 0 aliphatic rings. The van der Waals surface area contributed by atoms with Gasteiger partial charge in [-0.05, 0) is 36.1 Å². The van der Waals surface area contributed by atoms with Crippen LogP contribution in [0.15, 0.2) is 66.9 Å². The van der Waals surface area contributed by atoms with Crippen molar-refractivity contribution in [3.63, 3.8) is 0 Å². The Labute approximate surface area is 113 Å². The lowest BCUT2D eigenvalue weighted by Gasteiger charge is -2.07. The van der Waals surface area contributed by atoms with Crippen molar-refractivity contribution in [2.24, 2.45) is 0 Å². The van der Waals surface area contributed by atoms with Gasteiger partial charge in [-0.3, -0.25) is 0 Å². The molecule has 0 unspecified atom stereocenters. The number of aryl methyl sites for hydroxylation is 1. The summed E-state index contributed by atoms with van der Waals surface area (Å²) in [4.78, 5) is 0. The van der Waals surface area contributed by atoms with Crippen LogP contribution >= 0.6 is 0 Å². The first-order valence-electron chi connectivity index (χ1n) is 6.65. The van der Waals surface area contributed by atoms with Crippen molar-refractivity contribution >= 4 is 10.9 Å². The molecule has 0 saturated heterocycles. The summed E-state index contributed by atoms with van der Waals surface area (Å²) in [5.41, 5.74) is 1.29. The van der Waals surface area contributed by atoms with Crippen LogP contribution in [0.2, 0.25) is 0 Å². The van der Waals surface area contributed by atoms with Crippen molar-refractivity contribution in [3.8, 4) is 5.75 Å². The van der Waals surface area contributed by atoms with E-state index in [1.165, 1.54) is 10.9 Å². The molecule has 1 heterocycles. The molecule has 96 valence electrons. The van der Waals surface area contributed by atoms with E-state index in [1.807, 2.05) is 30.3 Å². The van der Waals surface area contributed by atoms with E-state index in [-0.39, 0.29) is 0 Å². The number of nitrogens with zero attached hydrogens (tertiary/aromatic N) is 1. The Morgan fingerprint density at radius 2 is 1.63 bits per heavy atom. The summed E-state index contributed by atoms with van der Waals surface area (Å²) >= 11 is 0. The second kappa shape index (κ2) is 5.61. The van der Waals surface area contributed by atoms with Gasteiger partial charge in [0, 0.05) is 18.3 Å². The van der Waals surface area contributed by atoms with Crippen LogP contribution in [0.3, 0.4) is 0 Å². The summed E-state index contributed by atoms with van der Waals surface area (Å²) in [6, 6.07) is 20.6. The Bertz CT molecular complexity index is 642. The zero-order valence-corrected chi connectivity index (χ0v) is 10.8.